The number of nitrogens with zero attached hydrogens (tertiary/aromatic N) is 1. The van der Waals surface area contributed by atoms with E-state index in [2.05, 4.69) is 12.2 Å². The van der Waals surface area contributed by atoms with Crippen LogP contribution in [0.3, 0.4) is 0 Å². The van der Waals surface area contributed by atoms with Crippen LogP contribution in [0.25, 0.3) is 0 Å². The lowest BCUT2D eigenvalue weighted by atomic mass is 10.1. The third kappa shape index (κ3) is 5.62. The van der Waals surface area contributed by atoms with E-state index in [4.69, 9.17) is 4.74 Å². The highest BCUT2D eigenvalue weighted by atomic mass is 16.5. The molecule has 0 saturated carbocycles. The molecule has 30 heavy (non-hydrogen) atoms. The Morgan fingerprint density at radius 2 is 1.63 bits per heavy atom. The van der Waals surface area contributed by atoms with Crippen LogP contribution in [0.5, 0.6) is 5.75 Å². The predicted octanol–water partition coefficient (Wildman–Crippen LogP) is 5.06. The van der Waals surface area contributed by atoms with Gasteiger partial charge in [-0.25, -0.2) is 0 Å². The number of likely N-dealkylation sites (tertiary alicyclic amines) is 1. The quantitative estimate of drug-likeness (QED) is 0.696. The molecular formula is C25H32N2O3. The van der Waals surface area contributed by atoms with Crippen LogP contribution in [0.15, 0.2) is 48.5 Å². The summed E-state index contributed by atoms with van der Waals surface area (Å²) in [7, 11) is 0. The van der Waals surface area contributed by atoms with E-state index in [1.54, 1.807) is 12.1 Å². The van der Waals surface area contributed by atoms with Crippen LogP contribution in [0.1, 0.15) is 61.9 Å². The maximum absolute atomic E-state index is 13.1. The number of nitrogens with one attached hydrogen (secondary N) is 1. The van der Waals surface area contributed by atoms with Crippen molar-refractivity contribution in [3.8, 4) is 5.75 Å². The van der Waals surface area contributed by atoms with Gasteiger partial charge in [0.1, 0.15) is 5.75 Å². The summed E-state index contributed by atoms with van der Waals surface area (Å²) in [5.74, 6) is 0.410. The molecule has 1 aliphatic heterocycles. The fourth-order valence-corrected chi connectivity index (χ4v) is 3.73. The van der Waals surface area contributed by atoms with E-state index in [0.29, 0.717) is 23.4 Å². The number of carbonyl (C=O) groups is 2. The van der Waals surface area contributed by atoms with Gasteiger partial charge >= 0.3 is 0 Å². The minimum atomic E-state index is -0.626. The summed E-state index contributed by atoms with van der Waals surface area (Å²) in [5.41, 5.74) is 2.30. The van der Waals surface area contributed by atoms with Crippen molar-refractivity contribution in [1.29, 1.82) is 0 Å². The number of carbonyl (C=O) groups excluding carboxylic acids is 2. The van der Waals surface area contributed by atoms with E-state index in [9.17, 15) is 9.59 Å². The summed E-state index contributed by atoms with van der Waals surface area (Å²) < 4.78 is 5.92. The number of hydrogen-bond donors (Lipinski definition) is 1. The Morgan fingerprint density at radius 3 is 2.27 bits per heavy atom. The average Bonchev–Trinajstić information content (AvgIpc) is 3.07. The summed E-state index contributed by atoms with van der Waals surface area (Å²) in [6.07, 6.45) is 5.25. The van der Waals surface area contributed by atoms with Crippen molar-refractivity contribution < 1.29 is 14.3 Å². The van der Waals surface area contributed by atoms with Crippen LogP contribution in [-0.2, 0) is 11.2 Å². The normalized spacial score (nSPS) is 15.2. The summed E-state index contributed by atoms with van der Waals surface area (Å²) in [6, 6.07) is 15.0. The molecule has 160 valence electrons. The van der Waals surface area contributed by atoms with Crippen LogP contribution in [-0.4, -0.2) is 35.9 Å². The number of hydrogen-bond acceptors (Lipinski definition) is 3. The molecular weight excluding hydrogens is 376 g/mol. The first-order valence-electron chi connectivity index (χ1n) is 11.1. The average molecular weight is 409 g/mol. The van der Waals surface area contributed by atoms with Crippen LogP contribution in [0.4, 0.5) is 5.69 Å². The van der Waals surface area contributed by atoms with Crippen molar-refractivity contribution in [2.75, 3.05) is 18.4 Å². The summed E-state index contributed by atoms with van der Waals surface area (Å²) >= 11 is 0. The molecule has 5 nitrogen and oxygen atoms in total. The molecule has 1 atom stereocenters. The monoisotopic (exact) mass is 408 g/mol. The van der Waals surface area contributed by atoms with Gasteiger partial charge in [0.15, 0.2) is 6.10 Å². The van der Waals surface area contributed by atoms with E-state index in [1.807, 2.05) is 48.2 Å². The van der Waals surface area contributed by atoms with Crippen LogP contribution >= 0.6 is 0 Å². The molecule has 0 aromatic heterocycles. The lowest BCUT2D eigenvalue weighted by molar-refractivity contribution is -0.122. The van der Waals surface area contributed by atoms with Crippen molar-refractivity contribution in [3.63, 3.8) is 0 Å². The van der Waals surface area contributed by atoms with Gasteiger partial charge < -0.3 is 15.0 Å². The third-order valence-corrected chi connectivity index (χ3v) is 5.58. The Hall–Kier alpha value is -2.82. The summed E-state index contributed by atoms with van der Waals surface area (Å²) in [4.78, 5) is 27.9. The lowest BCUT2D eigenvalue weighted by Crippen LogP contribution is -2.35. The second-order valence-corrected chi connectivity index (χ2v) is 7.75. The molecule has 0 bridgehead atoms. The largest absolute Gasteiger partial charge is 0.481 e. The number of benzene rings is 2. The number of ether oxygens (including phenoxy) is 1. The number of amides is 2. The van der Waals surface area contributed by atoms with Crippen LogP contribution in [0, 0.1) is 0 Å². The molecule has 1 aliphatic rings. The molecule has 0 radical (unpaired) electrons. The SMILES string of the molecule is CCc1ccc(OC(CC)C(=O)Nc2ccccc2C(=O)N2CCCCCC2)cc1. The molecule has 1 saturated heterocycles. The Labute approximate surface area is 179 Å². The lowest BCUT2D eigenvalue weighted by Gasteiger charge is -2.23. The van der Waals surface area contributed by atoms with Gasteiger partial charge in [-0.15, -0.1) is 0 Å². The third-order valence-electron chi connectivity index (χ3n) is 5.58. The maximum Gasteiger partial charge on any atom is 0.265 e. The van der Waals surface area contributed by atoms with Gasteiger partial charge in [-0.3, -0.25) is 9.59 Å². The fraction of sp³-hybridized carbons (Fsp3) is 0.440. The molecule has 5 heteroatoms. The topological polar surface area (TPSA) is 58.6 Å². The molecule has 2 aromatic rings. The van der Waals surface area contributed by atoms with Gasteiger partial charge in [0.05, 0.1) is 11.3 Å². The van der Waals surface area contributed by atoms with E-state index in [1.165, 1.54) is 5.56 Å². The highest BCUT2D eigenvalue weighted by molar-refractivity contribution is 6.04. The molecule has 0 aliphatic carbocycles. The van der Waals surface area contributed by atoms with E-state index < -0.39 is 6.10 Å². The highest BCUT2D eigenvalue weighted by Gasteiger charge is 2.23. The number of para-hydroxylation sites is 1. The molecule has 3 rings (SSSR count). The van der Waals surface area contributed by atoms with Gasteiger partial charge in [-0.05, 0) is 55.5 Å². The van der Waals surface area contributed by atoms with Crippen molar-refractivity contribution >= 4 is 17.5 Å². The van der Waals surface area contributed by atoms with Crippen molar-refractivity contribution in [2.45, 2.75) is 58.5 Å². The van der Waals surface area contributed by atoms with Gasteiger partial charge in [0, 0.05) is 13.1 Å². The van der Waals surface area contributed by atoms with Crippen molar-refractivity contribution in [2.24, 2.45) is 0 Å². The zero-order chi connectivity index (χ0) is 21.3. The van der Waals surface area contributed by atoms with E-state index in [0.717, 1.165) is 45.2 Å². The summed E-state index contributed by atoms with van der Waals surface area (Å²) in [5, 5.41) is 2.93. The maximum atomic E-state index is 13.1. The zero-order valence-electron chi connectivity index (χ0n) is 18.0. The predicted molar refractivity (Wildman–Crippen MR) is 120 cm³/mol. The number of aryl methyl sites for hydroxylation is 1. The van der Waals surface area contributed by atoms with Gasteiger partial charge in [0.2, 0.25) is 0 Å². The minimum absolute atomic E-state index is 0.0167. The Balaban J connectivity index is 1.71. The molecule has 1 fully saturated rings. The van der Waals surface area contributed by atoms with Gasteiger partial charge in [0.25, 0.3) is 11.8 Å². The molecule has 1 N–H and O–H groups in total. The Kier molecular flexibility index (Phi) is 7.89. The second kappa shape index (κ2) is 10.8. The molecule has 1 heterocycles. The summed E-state index contributed by atoms with van der Waals surface area (Å²) in [6.45, 7) is 5.56. The highest BCUT2D eigenvalue weighted by Crippen LogP contribution is 2.21. The molecule has 2 amide bonds. The van der Waals surface area contributed by atoms with Gasteiger partial charge in [-0.1, -0.05) is 51.0 Å². The number of rotatable bonds is 7. The van der Waals surface area contributed by atoms with Crippen LogP contribution in [0.2, 0.25) is 0 Å². The molecule has 2 aromatic carbocycles. The van der Waals surface area contributed by atoms with E-state index in [-0.39, 0.29) is 11.8 Å². The standard InChI is InChI=1S/C25H32N2O3/c1-3-19-13-15-20(16-14-19)30-23(4-2)24(28)26-22-12-8-7-11-21(22)25(29)27-17-9-5-6-10-18-27/h7-8,11-16,23H,3-6,9-10,17-18H2,1-2H3,(H,26,28). The van der Waals surface area contributed by atoms with Crippen molar-refractivity contribution in [3.05, 3.63) is 59.7 Å². The van der Waals surface area contributed by atoms with E-state index >= 15 is 0 Å². The first kappa shape index (κ1) is 21.9. The smallest absolute Gasteiger partial charge is 0.265 e. The number of anilines is 1. The van der Waals surface area contributed by atoms with Crippen LogP contribution < -0.4 is 10.1 Å². The second-order valence-electron chi connectivity index (χ2n) is 7.75. The molecule has 0 spiro atoms. The minimum Gasteiger partial charge on any atom is -0.481 e. The van der Waals surface area contributed by atoms with Crippen molar-refractivity contribution in [1.82, 2.24) is 4.90 Å². The first-order chi connectivity index (χ1) is 14.6. The van der Waals surface area contributed by atoms with Gasteiger partial charge in [-0.2, -0.15) is 0 Å². The Bertz CT molecular complexity index is 840. The zero-order valence-corrected chi connectivity index (χ0v) is 18.0. The fourth-order valence-electron chi connectivity index (χ4n) is 3.73. The molecule has 1 unspecified atom stereocenters. The Morgan fingerprint density at radius 1 is 0.967 bits per heavy atom. The first-order valence-corrected chi connectivity index (χ1v) is 11.1.